The number of anilines is 1. The number of hydrogen-bond acceptors (Lipinski definition) is 8. The van der Waals surface area contributed by atoms with Gasteiger partial charge in [0.05, 0.1) is 23.7 Å². The van der Waals surface area contributed by atoms with Crippen molar-refractivity contribution in [3.8, 4) is 17.4 Å². The van der Waals surface area contributed by atoms with Crippen molar-refractivity contribution in [2.75, 3.05) is 39.2 Å². The molecule has 1 aromatic carbocycles. The molecule has 3 aromatic rings. The molecule has 0 radical (unpaired) electrons. The molecule has 1 aliphatic rings. The van der Waals surface area contributed by atoms with Crippen LogP contribution in [-0.2, 0) is 4.79 Å². The number of nitrogens with one attached hydrogen (secondary N) is 2. The van der Waals surface area contributed by atoms with Crippen molar-refractivity contribution in [2.24, 2.45) is 4.99 Å². The maximum Gasteiger partial charge on any atom is 0.260 e. The van der Waals surface area contributed by atoms with Crippen molar-refractivity contribution in [2.45, 2.75) is 12.8 Å². The average Bonchev–Trinajstić information content (AvgIpc) is 3.10. The van der Waals surface area contributed by atoms with Crippen LogP contribution in [0, 0.1) is 0 Å². The van der Waals surface area contributed by atoms with Gasteiger partial charge in [0.25, 0.3) is 5.91 Å². The van der Waals surface area contributed by atoms with E-state index in [1.165, 1.54) is 13.4 Å². The second-order valence-electron chi connectivity index (χ2n) is 7.16. The van der Waals surface area contributed by atoms with Gasteiger partial charge in [-0.3, -0.25) is 9.79 Å². The summed E-state index contributed by atoms with van der Waals surface area (Å²) in [5, 5.41) is 14.4. The summed E-state index contributed by atoms with van der Waals surface area (Å²) in [5.41, 5.74) is 1.56. The molecule has 2 bridgehead atoms. The van der Waals surface area contributed by atoms with Gasteiger partial charge in [0.15, 0.2) is 24.0 Å². The van der Waals surface area contributed by atoms with Crippen LogP contribution in [0.4, 0.5) is 11.5 Å². The number of aromatic nitrogens is 3. The van der Waals surface area contributed by atoms with E-state index in [0.29, 0.717) is 52.7 Å². The number of aliphatic imine (C=N–C) groups is 1. The van der Waals surface area contributed by atoms with Crippen LogP contribution in [-0.4, -0.2) is 70.9 Å². The van der Waals surface area contributed by atoms with Gasteiger partial charge in [-0.15, -0.1) is 0 Å². The molecule has 31 heavy (non-hydrogen) atoms. The molecule has 3 N–H and O–H groups in total. The predicted octanol–water partition coefficient (Wildman–Crippen LogP) is 2.47. The van der Waals surface area contributed by atoms with Crippen LogP contribution in [0.5, 0.6) is 17.4 Å². The van der Waals surface area contributed by atoms with Gasteiger partial charge in [-0.1, -0.05) is 0 Å². The predicted molar refractivity (Wildman–Crippen MR) is 117 cm³/mol. The number of likely N-dealkylation sites (N-methyl/N-ethyl adjacent to an activating group) is 1. The van der Waals surface area contributed by atoms with Gasteiger partial charge in [-0.05, 0) is 25.0 Å². The number of benzene rings is 1. The summed E-state index contributed by atoms with van der Waals surface area (Å²) in [7, 11) is 3.29. The third-order valence-electron chi connectivity index (χ3n) is 5.09. The number of hydrogen-bond donors (Lipinski definition) is 3. The number of H-pyrrole nitrogens is 1. The molecule has 0 saturated heterocycles. The summed E-state index contributed by atoms with van der Waals surface area (Å²) in [4.78, 5) is 29.9. The smallest absolute Gasteiger partial charge is 0.260 e. The summed E-state index contributed by atoms with van der Waals surface area (Å²) in [5.74, 6) is 1.36. The van der Waals surface area contributed by atoms with Crippen molar-refractivity contribution >= 4 is 34.7 Å². The highest BCUT2D eigenvalue weighted by Gasteiger charge is 2.16. The fourth-order valence-corrected chi connectivity index (χ4v) is 3.35. The van der Waals surface area contributed by atoms with Gasteiger partial charge < -0.3 is 29.8 Å². The fraction of sp³-hybridized carbons (Fsp3) is 0.333. The standard InChI is InChI=1S/C21H24N6O4/c1-27-8-4-3-7-22-19-18-14(21(29)26-20(18)25-12-24-19)10-23-13-5-6-15(30-2)16(9-13)31-11-17(27)28/h5-6,9-10,12,29H,3-4,7-8,11H2,1-2H3,(H2,22,24,25,26). The molecular formula is C21H24N6O4. The largest absolute Gasteiger partial charge is 0.494 e. The molecule has 0 saturated carbocycles. The Morgan fingerprint density at radius 2 is 2.13 bits per heavy atom. The topological polar surface area (TPSA) is 125 Å². The van der Waals surface area contributed by atoms with Crippen LogP contribution in [0.3, 0.4) is 0 Å². The molecule has 4 rings (SSSR count). The molecule has 0 aliphatic carbocycles. The van der Waals surface area contributed by atoms with Crippen LogP contribution in [0.25, 0.3) is 11.0 Å². The Bertz CT molecular complexity index is 1130. The molecule has 1 aliphatic heterocycles. The number of nitrogens with zero attached hydrogens (tertiary/aromatic N) is 4. The normalized spacial score (nSPS) is 15.3. The van der Waals surface area contributed by atoms with E-state index < -0.39 is 0 Å². The van der Waals surface area contributed by atoms with E-state index in [2.05, 4.69) is 25.3 Å². The summed E-state index contributed by atoms with van der Waals surface area (Å²) in [6, 6.07) is 5.16. The Morgan fingerprint density at radius 3 is 2.97 bits per heavy atom. The Kier molecular flexibility index (Phi) is 5.87. The maximum atomic E-state index is 12.4. The molecule has 0 spiro atoms. The highest BCUT2D eigenvalue weighted by Crippen LogP contribution is 2.33. The first-order valence-electron chi connectivity index (χ1n) is 9.95. The van der Waals surface area contributed by atoms with E-state index in [1.807, 2.05) is 0 Å². The highest BCUT2D eigenvalue weighted by atomic mass is 16.5. The molecule has 162 valence electrons. The molecule has 0 atom stereocenters. The first kappa shape index (κ1) is 20.5. The zero-order valence-corrected chi connectivity index (χ0v) is 17.4. The van der Waals surface area contributed by atoms with Gasteiger partial charge in [-0.25, -0.2) is 9.97 Å². The number of carbonyl (C=O) groups excluding carboxylic acids is 1. The summed E-state index contributed by atoms with van der Waals surface area (Å²) in [6.45, 7) is 1.17. The van der Waals surface area contributed by atoms with Crippen molar-refractivity contribution in [3.63, 3.8) is 0 Å². The molecule has 0 fully saturated rings. The van der Waals surface area contributed by atoms with E-state index >= 15 is 0 Å². The SMILES string of the molecule is COc1ccc2cc1OCC(=O)N(C)CCCCNc1ncnc3[nH]c(O)c(c13)C=N2. The number of amides is 1. The van der Waals surface area contributed by atoms with Crippen molar-refractivity contribution in [1.82, 2.24) is 19.9 Å². The minimum atomic E-state index is -0.119. The lowest BCUT2D eigenvalue weighted by molar-refractivity contribution is -0.132. The second-order valence-corrected chi connectivity index (χ2v) is 7.16. The Labute approximate surface area is 178 Å². The number of methoxy groups -OCH3 is 1. The van der Waals surface area contributed by atoms with Gasteiger partial charge in [-0.2, -0.15) is 0 Å². The van der Waals surface area contributed by atoms with Crippen molar-refractivity contribution in [1.29, 1.82) is 0 Å². The number of ether oxygens (including phenoxy) is 2. The summed E-state index contributed by atoms with van der Waals surface area (Å²) >= 11 is 0. The summed E-state index contributed by atoms with van der Waals surface area (Å²) in [6.07, 6.45) is 4.63. The molecule has 3 heterocycles. The molecule has 10 nitrogen and oxygen atoms in total. The Balaban J connectivity index is 1.75. The molecule has 1 amide bonds. The number of carbonyl (C=O) groups is 1. The summed E-state index contributed by atoms with van der Waals surface area (Å²) < 4.78 is 11.1. The van der Waals surface area contributed by atoms with E-state index in [4.69, 9.17) is 9.47 Å². The Hall–Kier alpha value is -3.82. The second kappa shape index (κ2) is 8.90. The molecule has 10 heteroatoms. The van der Waals surface area contributed by atoms with E-state index in [1.54, 1.807) is 36.4 Å². The van der Waals surface area contributed by atoms with Gasteiger partial charge in [0.2, 0.25) is 0 Å². The zero-order valence-electron chi connectivity index (χ0n) is 17.4. The average molecular weight is 424 g/mol. The third-order valence-corrected chi connectivity index (χ3v) is 5.09. The van der Waals surface area contributed by atoms with Crippen LogP contribution in [0.1, 0.15) is 18.4 Å². The van der Waals surface area contributed by atoms with E-state index in [9.17, 15) is 9.90 Å². The quantitative estimate of drug-likeness (QED) is 0.548. The van der Waals surface area contributed by atoms with Crippen LogP contribution in [0.2, 0.25) is 0 Å². The lowest BCUT2D eigenvalue weighted by Crippen LogP contribution is -2.32. The minimum absolute atomic E-state index is 0.0441. The molecule has 2 aromatic heterocycles. The van der Waals surface area contributed by atoms with Crippen LogP contribution >= 0.6 is 0 Å². The number of aromatic hydroxyl groups is 1. The van der Waals surface area contributed by atoms with E-state index in [-0.39, 0.29) is 18.4 Å². The monoisotopic (exact) mass is 424 g/mol. The van der Waals surface area contributed by atoms with Crippen LogP contribution < -0.4 is 14.8 Å². The zero-order chi connectivity index (χ0) is 21.8. The van der Waals surface area contributed by atoms with Gasteiger partial charge in [0, 0.05) is 32.4 Å². The number of rotatable bonds is 1. The third kappa shape index (κ3) is 4.37. The number of fused-ring (bicyclic) bond motifs is 2. The van der Waals surface area contributed by atoms with Gasteiger partial charge >= 0.3 is 0 Å². The highest BCUT2D eigenvalue weighted by molar-refractivity contribution is 6.06. The van der Waals surface area contributed by atoms with Crippen molar-refractivity contribution < 1.29 is 19.4 Å². The van der Waals surface area contributed by atoms with Crippen LogP contribution in [0.15, 0.2) is 29.5 Å². The lowest BCUT2D eigenvalue weighted by Gasteiger charge is -2.18. The first-order chi connectivity index (χ1) is 15.1. The molecule has 0 unspecified atom stereocenters. The minimum Gasteiger partial charge on any atom is -0.494 e. The lowest BCUT2D eigenvalue weighted by atomic mass is 10.2. The van der Waals surface area contributed by atoms with Crippen molar-refractivity contribution in [3.05, 3.63) is 30.1 Å². The van der Waals surface area contributed by atoms with E-state index in [0.717, 1.165) is 12.8 Å². The fourth-order valence-electron chi connectivity index (χ4n) is 3.35. The first-order valence-corrected chi connectivity index (χ1v) is 9.95. The molecular weight excluding hydrogens is 400 g/mol. The van der Waals surface area contributed by atoms with Gasteiger partial charge in [0.1, 0.15) is 17.8 Å². The Morgan fingerprint density at radius 1 is 1.26 bits per heavy atom. The number of aromatic amines is 1. The maximum absolute atomic E-state index is 12.4.